The largest absolute Gasteiger partial charge is 0.359 e. The summed E-state index contributed by atoms with van der Waals surface area (Å²) in [5, 5.41) is 4.95. The van der Waals surface area contributed by atoms with Crippen LogP contribution in [0.25, 0.3) is 0 Å². The van der Waals surface area contributed by atoms with E-state index in [1.165, 1.54) is 49.4 Å². The van der Waals surface area contributed by atoms with Gasteiger partial charge in [0.25, 0.3) is 0 Å². The zero-order valence-corrected chi connectivity index (χ0v) is 13.0. The number of amidine groups is 1. The molecule has 2 rings (SSSR count). The molecular weight excluding hydrogens is 240 g/mol. The van der Waals surface area contributed by atoms with E-state index >= 15 is 0 Å². The highest BCUT2D eigenvalue weighted by Gasteiger charge is 2.40. The quantitative estimate of drug-likeness (QED) is 0.777. The van der Waals surface area contributed by atoms with Crippen molar-refractivity contribution >= 4 is 16.9 Å². The van der Waals surface area contributed by atoms with E-state index in [1.54, 1.807) is 0 Å². The fraction of sp³-hybridized carbons (Fsp3) is 0.933. The molecule has 1 aliphatic heterocycles. The minimum absolute atomic E-state index is 0.388. The Hall–Kier alpha value is -0.180. The molecule has 0 bridgehead atoms. The van der Waals surface area contributed by atoms with Gasteiger partial charge in [0, 0.05) is 17.8 Å². The molecule has 2 fully saturated rings. The van der Waals surface area contributed by atoms with E-state index in [9.17, 15) is 0 Å². The first-order valence-electron chi connectivity index (χ1n) is 7.55. The maximum absolute atomic E-state index is 4.74. The Morgan fingerprint density at radius 3 is 3.06 bits per heavy atom. The van der Waals surface area contributed by atoms with Gasteiger partial charge in [0.05, 0.1) is 0 Å². The van der Waals surface area contributed by atoms with Crippen molar-refractivity contribution in [3.8, 4) is 0 Å². The van der Waals surface area contributed by atoms with Crippen molar-refractivity contribution in [2.45, 2.75) is 64.8 Å². The van der Waals surface area contributed by atoms with Gasteiger partial charge in [0.1, 0.15) is 0 Å². The Morgan fingerprint density at radius 1 is 1.50 bits per heavy atom. The van der Waals surface area contributed by atoms with Gasteiger partial charge in [-0.05, 0) is 37.5 Å². The van der Waals surface area contributed by atoms with Crippen LogP contribution in [-0.2, 0) is 0 Å². The molecule has 18 heavy (non-hydrogen) atoms. The molecule has 2 aliphatic rings. The first kappa shape index (κ1) is 14.2. The summed E-state index contributed by atoms with van der Waals surface area (Å²) in [6.45, 7) is 7.96. The Kier molecular flexibility index (Phi) is 4.99. The highest BCUT2D eigenvalue weighted by atomic mass is 32.2. The molecule has 1 saturated carbocycles. The summed E-state index contributed by atoms with van der Waals surface area (Å²) in [5.74, 6) is 2.92. The van der Waals surface area contributed by atoms with Crippen molar-refractivity contribution in [1.82, 2.24) is 5.32 Å². The van der Waals surface area contributed by atoms with Crippen LogP contribution in [0.2, 0.25) is 0 Å². The SMILES string of the molecule is CC(C)CCCN=C1NC2(CCCC(C)C2)CS1. The predicted octanol–water partition coefficient (Wildman–Crippen LogP) is 4.06. The molecule has 0 aromatic rings. The minimum atomic E-state index is 0.388. The third kappa shape index (κ3) is 3.91. The Labute approximate surface area is 116 Å². The van der Waals surface area contributed by atoms with E-state index in [0.717, 1.165) is 18.4 Å². The topological polar surface area (TPSA) is 24.4 Å². The monoisotopic (exact) mass is 268 g/mol. The number of thioether (sulfide) groups is 1. The lowest BCUT2D eigenvalue weighted by atomic mass is 9.78. The zero-order valence-electron chi connectivity index (χ0n) is 12.2. The van der Waals surface area contributed by atoms with Gasteiger partial charge in [0.15, 0.2) is 5.17 Å². The van der Waals surface area contributed by atoms with Crippen LogP contribution in [0, 0.1) is 11.8 Å². The molecule has 1 spiro atoms. The fourth-order valence-corrected chi connectivity index (χ4v) is 4.39. The van der Waals surface area contributed by atoms with Gasteiger partial charge < -0.3 is 5.32 Å². The van der Waals surface area contributed by atoms with Crippen molar-refractivity contribution in [2.75, 3.05) is 12.3 Å². The van der Waals surface area contributed by atoms with Crippen LogP contribution in [0.5, 0.6) is 0 Å². The molecule has 1 N–H and O–H groups in total. The van der Waals surface area contributed by atoms with Crippen LogP contribution in [0.1, 0.15) is 59.3 Å². The van der Waals surface area contributed by atoms with Crippen LogP contribution < -0.4 is 5.32 Å². The first-order valence-corrected chi connectivity index (χ1v) is 8.54. The predicted molar refractivity (Wildman–Crippen MR) is 82.3 cm³/mol. The maximum atomic E-state index is 4.74. The lowest BCUT2D eigenvalue weighted by molar-refractivity contribution is 0.242. The molecule has 3 heteroatoms. The second kappa shape index (κ2) is 6.31. The molecule has 0 aromatic carbocycles. The molecule has 1 heterocycles. The number of nitrogens with zero attached hydrogens (tertiary/aromatic N) is 1. The van der Waals surface area contributed by atoms with Gasteiger partial charge >= 0.3 is 0 Å². The van der Waals surface area contributed by atoms with Gasteiger partial charge in [-0.25, -0.2) is 0 Å². The van der Waals surface area contributed by atoms with Gasteiger partial charge in [-0.2, -0.15) is 0 Å². The molecule has 2 nitrogen and oxygen atoms in total. The van der Waals surface area contributed by atoms with Crippen LogP contribution in [-0.4, -0.2) is 23.0 Å². The summed E-state index contributed by atoms with van der Waals surface area (Å²) in [4.78, 5) is 4.74. The van der Waals surface area contributed by atoms with E-state index in [-0.39, 0.29) is 0 Å². The van der Waals surface area contributed by atoms with Gasteiger partial charge in [0.2, 0.25) is 0 Å². The number of aliphatic imine (C=N–C) groups is 1. The van der Waals surface area contributed by atoms with Crippen molar-refractivity contribution in [1.29, 1.82) is 0 Å². The van der Waals surface area contributed by atoms with Crippen molar-refractivity contribution in [3.05, 3.63) is 0 Å². The minimum Gasteiger partial charge on any atom is -0.359 e. The molecule has 0 amide bonds. The van der Waals surface area contributed by atoms with E-state index in [4.69, 9.17) is 4.99 Å². The highest BCUT2D eigenvalue weighted by molar-refractivity contribution is 8.14. The standard InChI is InChI=1S/C15H28N2S/c1-12(2)6-5-9-16-14-17-15(11-18-14)8-4-7-13(3)10-15/h12-13H,4-11H2,1-3H3,(H,16,17). The summed E-state index contributed by atoms with van der Waals surface area (Å²) >= 11 is 1.95. The summed E-state index contributed by atoms with van der Waals surface area (Å²) in [6, 6.07) is 0. The Balaban J connectivity index is 1.78. The van der Waals surface area contributed by atoms with E-state index in [1.807, 2.05) is 11.8 Å². The second-order valence-electron chi connectivity index (χ2n) is 6.62. The van der Waals surface area contributed by atoms with Crippen LogP contribution >= 0.6 is 11.8 Å². The molecule has 1 saturated heterocycles. The summed E-state index contributed by atoms with van der Waals surface area (Å²) in [6.07, 6.45) is 8.00. The number of rotatable bonds is 4. The molecule has 0 aromatic heterocycles. The van der Waals surface area contributed by atoms with E-state index in [0.29, 0.717) is 5.54 Å². The van der Waals surface area contributed by atoms with Gasteiger partial charge in [-0.3, -0.25) is 4.99 Å². The number of hydrogen-bond acceptors (Lipinski definition) is 2. The van der Waals surface area contributed by atoms with Gasteiger partial charge in [-0.15, -0.1) is 0 Å². The zero-order chi connectivity index (χ0) is 13.0. The average Bonchev–Trinajstić information content (AvgIpc) is 2.67. The van der Waals surface area contributed by atoms with E-state index in [2.05, 4.69) is 26.1 Å². The summed E-state index contributed by atoms with van der Waals surface area (Å²) < 4.78 is 0. The normalized spacial score (nSPS) is 34.4. The molecule has 0 radical (unpaired) electrons. The number of nitrogens with one attached hydrogen (secondary N) is 1. The summed E-state index contributed by atoms with van der Waals surface area (Å²) in [7, 11) is 0. The number of hydrogen-bond donors (Lipinski definition) is 1. The third-order valence-corrected chi connectivity index (χ3v) is 5.35. The first-order chi connectivity index (χ1) is 8.60. The maximum Gasteiger partial charge on any atom is 0.157 e. The average molecular weight is 268 g/mol. The lowest BCUT2D eigenvalue weighted by Gasteiger charge is -2.36. The summed E-state index contributed by atoms with van der Waals surface area (Å²) in [5.41, 5.74) is 0.388. The molecule has 1 aliphatic carbocycles. The van der Waals surface area contributed by atoms with Crippen molar-refractivity contribution < 1.29 is 0 Å². The fourth-order valence-electron chi connectivity index (χ4n) is 3.18. The van der Waals surface area contributed by atoms with Crippen molar-refractivity contribution in [2.24, 2.45) is 16.8 Å². The molecule has 2 atom stereocenters. The smallest absolute Gasteiger partial charge is 0.157 e. The Bertz CT molecular complexity index is 301. The van der Waals surface area contributed by atoms with Crippen LogP contribution in [0.4, 0.5) is 0 Å². The van der Waals surface area contributed by atoms with Crippen molar-refractivity contribution in [3.63, 3.8) is 0 Å². The molecular formula is C15H28N2S. The lowest BCUT2D eigenvalue weighted by Crippen LogP contribution is -2.47. The Morgan fingerprint density at radius 2 is 2.33 bits per heavy atom. The van der Waals surface area contributed by atoms with Crippen LogP contribution in [0.15, 0.2) is 4.99 Å². The highest BCUT2D eigenvalue weighted by Crippen LogP contribution is 2.38. The third-order valence-electron chi connectivity index (χ3n) is 4.14. The second-order valence-corrected chi connectivity index (χ2v) is 7.58. The van der Waals surface area contributed by atoms with E-state index < -0.39 is 0 Å². The molecule has 2 unspecified atom stereocenters. The van der Waals surface area contributed by atoms with Gasteiger partial charge in [-0.1, -0.05) is 45.4 Å². The molecule has 104 valence electrons. The van der Waals surface area contributed by atoms with Crippen LogP contribution in [0.3, 0.4) is 0 Å².